The number of sulfonamides is 1. The summed E-state index contributed by atoms with van der Waals surface area (Å²) >= 11 is 5.93. The van der Waals surface area contributed by atoms with Crippen LogP contribution in [0.1, 0.15) is 15.9 Å². The van der Waals surface area contributed by atoms with E-state index in [9.17, 15) is 23.3 Å². The van der Waals surface area contributed by atoms with Crippen LogP contribution in [0.15, 0.2) is 41.3 Å². The number of nitro benzene ring substituents is 1. The van der Waals surface area contributed by atoms with Gasteiger partial charge >= 0.3 is 0 Å². The molecule has 1 amide bonds. The number of amides is 1. The number of nitro groups is 1. The first kappa shape index (κ1) is 17.7. The van der Waals surface area contributed by atoms with Gasteiger partial charge in [0.25, 0.3) is 15.7 Å². The number of hydrogen-bond acceptors (Lipinski definition) is 5. The third kappa shape index (κ3) is 3.47. The first-order valence-electron chi connectivity index (χ1n) is 6.49. The molecule has 10 heteroatoms. The second kappa shape index (κ2) is 6.46. The number of nitrogens with one attached hydrogen (secondary N) is 1. The molecule has 0 atom stereocenters. The maximum Gasteiger partial charge on any atom is 0.273 e. The van der Waals surface area contributed by atoms with Gasteiger partial charge in [-0.1, -0.05) is 17.7 Å². The summed E-state index contributed by atoms with van der Waals surface area (Å²) in [7, 11) is -4.16. The quantitative estimate of drug-likeness (QED) is 0.617. The molecule has 0 radical (unpaired) electrons. The molecule has 24 heavy (non-hydrogen) atoms. The molecule has 0 aliphatic carbocycles. The zero-order valence-corrected chi connectivity index (χ0v) is 13.9. The van der Waals surface area contributed by atoms with Crippen molar-refractivity contribution in [3.8, 4) is 0 Å². The van der Waals surface area contributed by atoms with E-state index >= 15 is 0 Å². The van der Waals surface area contributed by atoms with Crippen LogP contribution in [0.3, 0.4) is 0 Å². The fraction of sp³-hybridized carbons (Fsp3) is 0.0714. The summed E-state index contributed by atoms with van der Waals surface area (Å²) in [6, 6.07) is 7.56. The zero-order chi connectivity index (χ0) is 18.1. The van der Waals surface area contributed by atoms with Crippen LogP contribution in [0.2, 0.25) is 5.02 Å². The molecule has 0 heterocycles. The topological polar surface area (TPSA) is 132 Å². The molecule has 0 fully saturated rings. The van der Waals surface area contributed by atoms with Crippen molar-refractivity contribution in [1.29, 1.82) is 0 Å². The third-order valence-electron chi connectivity index (χ3n) is 3.24. The highest BCUT2D eigenvalue weighted by atomic mass is 35.5. The lowest BCUT2D eigenvalue weighted by Crippen LogP contribution is -2.16. The zero-order valence-electron chi connectivity index (χ0n) is 12.3. The predicted molar refractivity (Wildman–Crippen MR) is 88.6 cm³/mol. The van der Waals surface area contributed by atoms with Crippen LogP contribution < -0.4 is 10.5 Å². The number of carbonyl (C=O) groups is 1. The lowest BCUT2D eigenvalue weighted by atomic mass is 10.2. The second-order valence-corrected chi connectivity index (χ2v) is 6.88. The summed E-state index contributed by atoms with van der Waals surface area (Å²) in [6.07, 6.45) is 0. The molecule has 3 N–H and O–H groups in total. The summed E-state index contributed by atoms with van der Waals surface area (Å²) in [5.41, 5.74) is 4.82. The molecule has 0 spiro atoms. The van der Waals surface area contributed by atoms with Crippen molar-refractivity contribution in [2.75, 3.05) is 4.72 Å². The van der Waals surface area contributed by atoms with Gasteiger partial charge in [-0.05, 0) is 31.2 Å². The Hall–Kier alpha value is -2.65. The average molecular weight is 370 g/mol. The Morgan fingerprint density at radius 2 is 1.96 bits per heavy atom. The highest BCUT2D eigenvalue weighted by molar-refractivity contribution is 7.92. The molecule has 126 valence electrons. The van der Waals surface area contributed by atoms with Crippen molar-refractivity contribution in [1.82, 2.24) is 0 Å². The summed E-state index contributed by atoms with van der Waals surface area (Å²) in [5, 5.41) is 11.0. The van der Waals surface area contributed by atoms with Crippen LogP contribution in [0.5, 0.6) is 0 Å². The fourth-order valence-corrected chi connectivity index (χ4v) is 3.60. The van der Waals surface area contributed by atoms with E-state index in [4.69, 9.17) is 17.3 Å². The van der Waals surface area contributed by atoms with E-state index in [1.54, 1.807) is 0 Å². The summed E-state index contributed by atoms with van der Waals surface area (Å²) in [5.74, 6) is -0.751. The molecule has 8 nitrogen and oxygen atoms in total. The lowest BCUT2D eigenvalue weighted by molar-refractivity contribution is -0.385. The fourth-order valence-electron chi connectivity index (χ4n) is 2.05. The molecule has 2 aromatic carbocycles. The Morgan fingerprint density at radius 3 is 2.54 bits per heavy atom. The Balaban J connectivity index is 2.51. The number of halogens is 1. The second-order valence-electron chi connectivity index (χ2n) is 4.82. The average Bonchev–Trinajstić information content (AvgIpc) is 2.48. The maximum atomic E-state index is 12.5. The number of hydrogen-bond donors (Lipinski definition) is 2. The monoisotopic (exact) mass is 369 g/mol. The van der Waals surface area contributed by atoms with Gasteiger partial charge in [-0.25, -0.2) is 8.42 Å². The number of benzene rings is 2. The molecule has 2 aromatic rings. The molecule has 0 saturated carbocycles. The van der Waals surface area contributed by atoms with Gasteiger partial charge in [-0.3, -0.25) is 19.6 Å². The summed E-state index contributed by atoms with van der Waals surface area (Å²) in [4.78, 5) is 21.2. The van der Waals surface area contributed by atoms with E-state index in [0.29, 0.717) is 0 Å². The SMILES string of the molecule is Cc1c([N+](=O)[O-])cccc1S(=O)(=O)Nc1cc(C(N)=O)ccc1Cl. The van der Waals surface area contributed by atoms with Crippen molar-refractivity contribution in [2.45, 2.75) is 11.8 Å². The minimum Gasteiger partial charge on any atom is -0.366 e. The van der Waals surface area contributed by atoms with Crippen LogP contribution in [0.4, 0.5) is 11.4 Å². The number of carbonyl (C=O) groups excluding carboxylic acids is 1. The Bertz CT molecular complexity index is 943. The molecule has 0 saturated heterocycles. The highest BCUT2D eigenvalue weighted by Gasteiger charge is 2.23. The van der Waals surface area contributed by atoms with Crippen molar-refractivity contribution in [3.63, 3.8) is 0 Å². The van der Waals surface area contributed by atoms with Crippen LogP contribution in [-0.2, 0) is 10.0 Å². The molecule has 0 aliphatic rings. The lowest BCUT2D eigenvalue weighted by Gasteiger charge is -2.12. The number of primary amides is 1. The van der Waals surface area contributed by atoms with Gasteiger partial charge in [-0.2, -0.15) is 0 Å². The molecule has 0 aliphatic heterocycles. The first-order valence-corrected chi connectivity index (χ1v) is 8.36. The van der Waals surface area contributed by atoms with Crippen molar-refractivity contribution in [3.05, 3.63) is 62.7 Å². The van der Waals surface area contributed by atoms with E-state index in [1.807, 2.05) is 0 Å². The smallest absolute Gasteiger partial charge is 0.273 e. The number of anilines is 1. The van der Waals surface area contributed by atoms with Gasteiger partial charge in [-0.15, -0.1) is 0 Å². The summed E-state index contributed by atoms with van der Waals surface area (Å²) < 4.78 is 27.3. The highest BCUT2D eigenvalue weighted by Crippen LogP contribution is 2.29. The third-order valence-corrected chi connectivity index (χ3v) is 5.08. The Kier molecular flexibility index (Phi) is 4.76. The minimum atomic E-state index is -4.16. The normalized spacial score (nSPS) is 11.1. The number of rotatable bonds is 5. The first-order chi connectivity index (χ1) is 11.1. The van der Waals surface area contributed by atoms with Gasteiger partial charge in [0.15, 0.2) is 0 Å². The van der Waals surface area contributed by atoms with Crippen LogP contribution in [0, 0.1) is 17.0 Å². The molecular weight excluding hydrogens is 358 g/mol. The Morgan fingerprint density at radius 1 is 1.29 bits per heavy atom. The molecular formula is C14H12ClN3O5S. The standard InChI is InChI=1S/C14H12ClN3O5S/c1-8-12(18(20)21)3-2-4-13(8)24(22,23)17-11-7-9(14(16)19)5-6-10(11)15/h2-7,17H,1H3,(H2,16,19). The van der Waals surface area contributed by atoms with Gasteiger partial charge in [0, 0.05) is 17.2 Å². The van der Waals surface area contributed by atoms with Gasteiger partial charge < -0.3 is 5.73 Å². The van der Waals surface area contributed by atoms with E-state index in [1.165, 1.54) is 43.3 Å². The molecule has 2 rings (SSSR count). The molecule has 0 aromatic heterocycles. The van der Waals surface area contributed by atoms with Crippen molar-refractivity contribution < 1.29 is 18.1 Å². The number of nitrogens with two attached hydrogens (primary N) is 1. The van der Waals surface area contributed by atoms with Crippen molar-refractivity contribution >= 4 is 38.9 Å². The van der Waals surface area contributed by atoms with E-state index in [2.05, 4.69) is 4.72 Å². The maximum absolute atomic E-state index is 12.5. The van der Waals surface area contributed by atoms with Crippen LogP contribution >= 0.6 is 11.6 Å². The van der Waals surface area contributed by atoms with Crippen molar-refractivity contribution in [2.24, 2.45) is 5.73 Å². The van der Waals surface area contributed by atoms with E-state index in [-0.39, 0.29) is 32.4 Å². The van der Waals surface area contributed by atoms with E-state index < -0.39 is 20.9 Å². The molecule has 0 bridgehead atoms. The molecule has 0 unspecified atom stereocenters. The Labute approximate surface area is 142 Å². The van der Waals surface area contributed by atoms with Crippen LogP contribution in [0.25, 0.3) is 0 Å². The number of nitrogens with zero attached hydrogens (tertiary/aromatic N) is 1. The van der Waals surface area contributed by atoms with Gasteiger partial charge in [0.05, 0.1) is 20.5 Å². The van der Waals surface area contributed by atoms with Gasteiger partial charge in [0.2, 0.25) is 5.91 Å². The van der Waals surface area contributed by atoms with E-state index in [0.717, 1.165) is 0 Å². The summed E-state index contributed by atoms with van der Waals surface area (Å²) in [6.45, 7) is 1.33. The predicted octanol–water partition coefficient (Wildman–Crippen LogP) is 2.46. The largest absolute Gasteiger partial charge is 0.366 e. The van der Waals surface area contributed by atoms with Crippen LogP contribution in [-0.4, -0.2) is 19.2 Å². The minimum absolute atomic E-state index is 0.0165. The van der Waals surface area contributed by atoms with Gasteiger partial charge in [0.1, 0.15) is 0 Å².